The average molecular weight is 359 g/mol. The predicted octanol–water partition coefficient (Wildman–Crippen LogP) is 4.65. The van der Waals surface area contributed by atoms with Crippen molar-refractivity contribution in [1.29, 1.82) is 0 Å². The van der Waals surface area contributed by atoms with E-state index in [4.69, 9.17) is 11.6 Å². The van der Waals surface area contributed by atoms with Gasteiger partial charge in [0.2, 0.25) is 11.8 Å². The van der Waals surface area contributed by atoms with E-state index in [1.807, 2.05) is 45.0 Å². The first-order chi connectivity index (χ1) is 11.8. The van der Waals surface area contributed by atoms with Crippen LogP contribution in [0.15, 0.2) is 36.4 Å². The normalized spacial score (nSPS) is 10.4. The van der Waals surface area contributed by atoms with Crippen LogP contribution in [0.3, 0.4) is 0 Å². The number of para-hydroxylation sites is 1. The lowest BCUT2D eigenvalue weighted by Crippen LogP contribution is -2.32. The van der Waals surface area contributed by atoms with E-state index in [2.05, 4.69) is 5.32 Å². The highest BCUT2D eigenvalue weighted by molar-refractivity contribution is 6.31. The number of anilines is 2. The first kappa shape index (κ1) is 19.0. The van der Waals surface area contributed by atoms with E-state index < -0.39 is 0 Å². The van der Waals surface area contributed by atoms with Gasteiger partial charge in [-0.25, -0.2) is 0 Å². The number of halogens is 1. The SMILES string of the molecule is CC(=O)N(CCC(=O)Nc1c(C)cccc1C)c1cccc(Cl)c1C. The molecule has 25 heavy (non-hydrogen) atoms. The summed E-state index contributed by atoms with van der Waals surface area (Å²) in [6.07, 6.45) is 0.208. The Morgan fingerprint density at radius 1 is 1.04 bits per heavy atom. The van der Waals surface area contributed by atoms with Gasteiger partial charge in [0.05, 0.1) is 0 Å². The number of hydrogen-bond donors (Lipinski definition) is 1. The maximum Gasteiger partial charge on any atom is 0.226 e. The van der Waals surface area contributed by atoms with Crippen molar-refractivity contribution >= 4 is 34.8 Å². The summed E-state index contributed by atoms with van der Waals surface area (Å²) in [5.41, 5.74) is 4.43. The van der Waals surface area contributed by atoms with E-state index in [0.717, 1.165) is 28.1 Å². The molecule has 1 N–H and O–H groups in total. The molecule has 0 aliphatic rings. The molecule has 0 heterocycles. The lowest BCUT2D eigenvalue weighted by Gasteiger charge is -2.23. The molecule has 2 rings (SSSR count). The number of hydrogen-bond acceptors (Lipinski definition) is 2. The third-order valence-corrected chi connectivity index (χ3v) is 4.63. The quantitative estimate of drug-likeness (QED) is 0.845. The van der Waals surface area contributed by atoms with Crippen molar-refractivity contribution < 1.29 is 9.59 Å². The van der Waals surface area contributed by atoms with E-state index in [1.54, 1.807) is 17.0 Å². The lowest BCUT2D eigenvalue weighted by molar-refractivity contribution is -0.117. The summed E-state index contributed by atoms with van der Waals surface area (Å²) in [4.78, 5) is 26.0. The summed E-state index contributed by atoms with van der Waals surface area (Å²) in [7, 11) is 0. The zero-order chi connectivity index (χ0) is 18.6. The monoisotopic (exact) mass is 358 g/mol. The molecule has 0 unspecified atom stereocenters. The van der Waals surface area contributed by atoms with Crippen molar-refractivity contribution in [1.82, 2.24) is 0 Å². The van der Waals surface area contributed by atoms with E-state index >= 15 is 0 Å². The number of nitrogens with one attached hydrogen (secondary N) is 1. The molecule has 0 saturated carbocycles. The minimum absolute atomic E-state index is 0.120. The Kier molecular flexibility index (Phi) is 6.21. The number of aryl methyl sites for hydroxylation is 2. The molecule has 4 nitrogen and oxygen atoms in total. The molecule has 0 saturated heterocycles. The molecule has 0 radical (unpaired) electrons. The van der Waals surface area contributed by atoms with Crippen LogP contribution in [0.5, 0.6) is 0 Å². The van der Waals surface area contributed by atoms with Crippen molar-refractivity contribution in [2.45, 2.75) is 34.1 Å². The Morgan fingerprint density at radius 3 is 2.24 bits per heavy atom. The fraction of sp³-hybridized carbons (Fsp3) is 0.300. The third kappa shape index (κ3) is 4.60. The molecular formula is C20H23ClN2O2. The molecule has 5 heteroatoms. The van der Waals surface area contributed by atoms with E-state index in [9.17, 15) is 9.59 Å². The van der Waals surface area contributed by atoms with Crippen LogP contribution < -0.4 is 10.2 Å². The molecule has 0 atom stereocenters. The maximum absolute atomic E-state index is 12.4. The predicted molar refractivity (Wildman–Crippen MR) is 103 cm³/mol. The van der Waals surface area contributed by atoms with Crippen LogP contribution >= 0.6 is 11.6 Å². The van der Waals surface area contributed by atoms with Crippen LogP contribution in [-0.2, 0) is 9.59 Å². The van der Waals surface area contributed by atoms with Crippen LogP contribution in [0.25, 0.3) is 0 Å². The van der Waals surface area contributed by atoms with Gasteiger partial charge in [0.15, 0.2) is 0 Å². The summed E-state index contributed by atoms with van der Waals surface area (Å²) in [6.45, 7) is 7.57. The third-order valence-electron chi connectivity index (χ3n) is 4.22. The zero-order valence-corrected chi connectivity index (χ0v) is 15.8. The zero-order valence-electron chi connectivity index (χ0n) is 15.0. The first-order valence-corrected chi connectivity index (χ1v) is 8.58. The van der Waals surface area contributed by atoms with Gasteiger partial charge in [-0.3, -0.25) is 9.59 Å². The van der Waals surface area contributed by atoms with E-state index in [1.165, 1.54) is 6.92 Å². The van der Waals surface area contributed by atoms with E-state index in [-0.39, 0.29) is 18.2 Å². The number of carbonyl (C=O) groups excluding carboxylic acids is 2. The fourth-order valence-electron chi connectivity index (χ4n) is 2.76. The van der Waals surface area contributed by atoms with Crippen molar-refractivity contribution in [3.05, 3.63) is 58.1 Å². The summed E-state index contributed by atoms with van der Waals surface area (Å²) in [6, 6.07) is 11.3. The average Bonchev–Trinajstić information content (AvgIpc) is 2.55. The topological polar surface area (TPSA) is 49.4 Å². The van der Waals surface area contributed by atoms with Gasteiger partial charge < -0.3 is 10.2 Å². The lowest BCUT2D eigenvalue weighted by atomic mass is 10.1. The van der Waals surface area contributed by atoms with Crippen molar-refractivity contribution in [2.24, 2.45) is 0 Å². The molecule has 2 amide bonds. The van der Waals surface area contributed by atoms with Gasteiger partial charge in [-0.15, -0.1) is 0 Å². The second-order valence-corrected chi connectivity index (χ2v) is 6.53. The number of carbonyl (C=O) groups is 2. The van der Waals surface area contributed by atoms with Crippen molar-refractivity contribution in [3.63, 3.8) is 0 Å². The van der Waals surface area contributed by atoms with Gasteiger partial charge in [-0.1, -0.05) is 35.9 Å². The molecular weight excluding hydrogens is 336 g/mol. The molecule has 0 aliphatic heterocycles. The number of rotatable bonds is 5. The molecule has 0 bridgehead atoms. The Labute approximate surface area is 153 Å². The molecule has 0 aliphatic carbocycles. The van der Waals surface area contributed by atoms with Gasteiger partial charge in [0.25, 0.3) is 0 Å². The Balaban J connectivity index is 2.10. The van der Waals surface area contributed by atoms with Crippen LogP contribution in [0, 0.1) is 20.8 Å². The highest BCUT2D eigenvalue weighted by Gasteiger charge is 2.17. The van der Waals surface area contributed by atoms with Gasteiger partial charge in [0.1, 0.15) is 0 Å². The van der Waals surface area contributed by atoms with Crippen LogP contribution in [-0.4, -0.2) is 18.4 Å². The molecule has 132 valence electrons. The maximum atomic E-state index is 12.4. The molecule has 0 fully saturated rings. The Hall–Kier alpha value is -2.33. The smallest absolute Gasteiger partial charge is 0.226 e. The second-order valence-electron chi connectivity index (χ2n) is 6.12. The van der Waals surface area contributed by atoms with Crippen molar-refractivity contribution in [3.8, 4) is 0 Å². The molecule has 0 aromatic heterocycles. The first-order valence-electron chi connectivity index (χ1n) is 8.20. The summed E-state index contributed by atoms with van der Waals surface area (Å²) in [5.74, 6) is -0.242. The van der Waals surface area contributed by atoms with Gasteiger partial charge in [0, 0.05) is 36.3 Å². The number of benzene rings is 2. The summed E-state index contributed by atoms with van der Waals surface area (Å²) in [5, 5.41) is 3.55. The minimum Gasteiger partial charge on any atom is -0.326 e. The summed E-state index contributed by atoms with van der Waals surface area (Å²) < 4.78 is 0. The second kappa shape index (κ2) is 8.17. The van der Waals surface area contributed by atoms with Gasteiger partial charge in [-0.05, 0) is 49.6 Å². The minimum atomic E-state index is -0.122. The van der Waals surface area contributed by atoms with Crippen molar-refractivity contribution in [2.75, 3.05) is 16.8 Å². The van der Waals surface area contributed by atoms with Gasteiger partial charge >= 0.3 is 0 Å². The molecule has 0 spiro atoms. The Morgan fingerprint density at radius 2 is 1.64 bits per heavy atom. The van der Waals surface area contributed by atoms with Crippen LogP contribution in [0.2, 0.25) is 5.02 Å². The Bertz CT molecular complexity index is 782. The summed E-state index contributed by atoms with van der Waals surface area (Å²) >= 11 is 6.15. The fourth-order valence-corrected chi connectivity index (χ4v) is 2.93. The number of amides is 2. The van der Waals surface area contributed by atoms with Crippen LogP contribution in [0.1, 0.15) is 30.0 Å². The van der Waals surface area contributed by atoms with Crippen LogP contribution in [0.4, 0.5) is 11.4 Å². The standard InChI is InChI=1S/C20H23ClN2O2/c1-13-7-5-8-14(2)20(13)22-19(25)11-12-23(16(4)24)18-10-6-9-17(21)15(18)3/h5-10H,11-12H2,1-4H3,(H,22,25). The number of nitrogens with zero attached hydrogens (tertiary/aromatic N) is 1. The van der Waals surface area contributed by atoms with Gasteiger partial charge in [-0.2, -0.15) is 0 Å². The van der Waals surface area contributed by atoms with E-state index in [0.29, 0.717) is 11.6 Å². The highest BCUT2D eigenvalue weighted by atomic mass is 35.5. The molecule has 2 aromatic carbocycles. The molecule has 2 aromatic rings. The largest absolute Gasteiger partial charge is 0.326 e. The highest BCUT2D eigenvalue weighted by Crippen LogP contribution is 2.27.